The Kier molecular flexibility index (Phi) is 7.23. The van der Waals surface area contributed by atoms with Gasteiger partial charge in [-0.15, -0.1) is 11.3 Å². The van der Waals surface area contributed by atoms with Gasteiger partial charge in [0.2, 0.25) is 5.43 Å². The van der Waals surface area contributed by atoms with Gasteiger partial charge >= 0.3 is 5.97 Å². The van der Waals surface area contributed by atoms with Crippen LogP contribution in [0.3, 0.4) is 0 Å². The Balaban J connectivity index is 1.49. The molecule has 1 N–H and O–H groups in total. The highest BCUT2D eigenvalue weighted by Crippen LogP contribution is 2.33. The second-order valence-electron chi connectivity index (χ2n) is 7.66. The first-order valence-electron chi connectivity index (χ1n) is 10.8. The molecule has 35 heavy (non-hydrogen) atoms. The second kappa shape index (κ2) is 10.3. The Bertz CT molecular complexity index is 1490. The number of benzene rings is 2. The third kappa shape index (κ3) is 5.08. The zero-order chi connectivity index (χ0) is 25.1. The summed E-state index contributed by atoms with van der Waals surface area (Å²) in [6, 6.07) is 11.8. The van der Waals surface area contributed by atoms with Crippen molar-refractivity contribution in [3.63, 3.8) is 0 Å². The van der Waals surface area contributed by atoms with Crippen molar-refractivity contribution in [3.05, 3.63) is 80.0 Å². The zero-order valence-electron chi connectivity index (χ0n) is 19.3. The summed E-state index contributed by atoms with van der Waals surface area (Å²) in [5.41, 5.74) is 2.16. The average molecular weight is 512 g/mol. The largest absolute Gasteiger partial charge is 0.484 e. The highest BCUT2D eigenvalue weighted by Gasteiger charge is 2.22. The lowest BCUT2D eigenvalue weighted by atomic mass is 10.1. The van der Waals surface area contributed by atoms with Gasteiger partial charge in [-0.3, -0.25) is 9.59 Å². The molecule has 0 fully saturated rings. The second-order valence-corrected chi connectivity index (χ2v) is 9.29. The number of carbonyl (C=O) groups is 2. The van der Waals surface area contributed by atoms with Crippen molar-refractivity contribution in [1.29, 1.82) is 0 Å². The molecule has 2 heterocycles. The van der Waals surface area contributed by atoms with Gasteiger partial charge in [0.1, 0.15) is 22.6 Å². The number of halogens is 1. The quantitative estimate of drug-likeness (QED) is 0.306. The zero-order valence-corrected chi connectivity index (χ0v) is 20.8. The van der Waals surface area contributed by atoms with E-state index in [1.807, 2.05) is 13.8 Å². The number of esters is 1. The molecule has 0 saturated heterocycles. The third-order valence-electron chi connectivity index (χ3n) is 5.40. The lowest BCUT2D eigenvalue weighted by Crippen LogP contribution is -2.21. The summed E-state index contributed by atoms with van der Waals surface area (Å²) in [5.74, 6) is -0.566. The molecule has 7 nitrogen and oxygen atoms in total. The van der Waals surface area contributed by atoms with Gasteiger partial charge in [0.25, 0.3) is 5.91 Å². The van der Waals surface area contributed by atoms with Crippen LogP contribution in [0.4, 0.5) is 5.00 Å². The van der Waals surface area contributed by atoms with E-state index < -0.39 is 11.9 Å². The van der Waals surface area contributed by atoms with Crippen LogP contribution in [0.5, 0.6) is 5.75 Å². The van der Waals surface area contributed by atoms with E-state index in [9.17, 15) is 14.4 Å². The molecule has 4 aromatic rings. The van der Waals surface area contributed by atoms with Crippen LogP contribution < -0.4 is 15.5 Å². The highest BCUT2D eigenvalue weighted by molar-refractivity contribution is 7.16. The molecule has 0 aliphatic carbocycles. The summed E-state index contributed by atoms with van der Waals surface area (Å²) in [6.45, 7) is 5.34. The number of ether oxygens (including phenoxy) is 2. The number of amides is 1. The minimum absolute atomic E-state index is 0.224. The summed E-state index contributed by atoms with van der Waals surface area (Å²) < 4.78 is 16.4. The predicted octanol–water partition coefficient (Wildman–Crippen LogP) is 5.99. The van der Waals surface area contributed by atoms with Crippen LogP contribution in [0.1, 0.15) is 27.7 Å². The van der Waals surface area contributed by atoms with Crippen molar-refractivity contribution in [1.82, 2.24) is 0 Å². The number of nitrogens with one attached hydrogen (secondary N) is 1. The first-order chi connectivity index (χ1) is 16.8. The molecule has 0 unspecified atom stereocenters. The number of carbonyl (C=O) groups excluding carboxylic acids is 2. The molecular weight excluding hydrogens is 490 g/mol. The summed E-state index contributed by atoms with van der Waals surface area (Å²) >= 11 is 7.53. The summed E-state index contributed by atoms with van der Waals surface area (Å²) in [5, 5.41) is 3.96. The number of hydrogen-bond acceptors (Lipinski definition) is 7. The van der Waals surface area contributed by atoms with Crippen LogP contribution in [0.2, 0.25) is 5.02 Å². The van der Waals surface area contributed by atoms with Crippen molar-refractivity contribution in [2.75, 3.05) is 18.5 Å². The monoisotopic (exact) mass is 511 g/mol. The molecule has 0 radical (unpaired) electrons. The van der Waals surface area contributed by atoms with Crippen LogP contribution in [-0.2, 0) is 9.53 Å². The van der Waals surface area contributed by atoms with E-state index in [2.05, 4.69) is 5.32 Å². The predicted molar refractivity (Wildman–Crippen MR) is 137 cm³/mol. The van der Waals surface area contributed by atoms with Crippen LogP contribution in [-0.4, -0.2) is 25.1 Å². The lowest BCUT2D eigenvalue weighted by Gasteiger charge is -2.09. The number of aryl methyl sites for hydroxylation is 1. The number of thiophene rings is 1. The van der Waals surface area contributed by atoms with Gasteiger partial charge in [-0.1, -0.05) is 29.8 Å². The molecule has 0 aliphatic rings. The van der Waals surface area contributed by atoms with Crippen molar-refractivity contribution < 1.29 is 23.5 Å². The Hall–Kier alpha value is -3.62. The maximum Gasteiger partial charge on any atom is 0.341 e. The van der Waals surface area contributed by atoms with Gasteiger partial charge in [-0.25, -0.2) is 4.79 Å². The normalized spacial score (nSPS) is 10.9. The first-order valence-corrected chi connectivity index (χ1v) is 12.0. The molecule has 1 amide bonds. The summed E-state index contributed by atoms with van der Waals surface area (Å²) in [7, 11) is 0. The Morgan fingerprint density at radius 1 is 1.11 bits per heavy atom. The van der Waals surface area contributed by atoms with Crippen molar-refractivity contribution in [3.8, 4) is 16.9 Å². The van der Waals surface area contributed by atoms with Gasteiger partial charge in [0.15, 0.2) is 6.61 Å². The van der Waals surface area contributed by atoms with E-state index in [0.29, 0.717) is 43.4 Å². The van der Waals surface area contributed by atoms with E-state index in [4.69, 9.17) is 25.5 Å². The molecule has 0 saturated carbocycles. The smallest absolute Gasteiger partial charge is 0.341 e. The molecule has 0 atom stereocenters. The topological polar surface area (TPSA) is 94.8 Å². The van der Waals surface area contributed by atoms with Gasteiger partial charge in [-0.2, -0.15) is 0 Å². The van der Waals surface area contributed by atoms with Crippen LogP contribution in [0.15, 0.2) is 57.9 Å². The van der Waals surface area contributed by atoms with Crippen LogP contribution in [0, 0.1) is 13.8 Å². The van der Waals surface area contributed by atoms with E-state index in [-0.39, 0.29) is 18.6 Å². The Morgan fingerprint density at radius 3 is 2.63 bits per heavy atom. The van der Waals surface area contributed by atoms with E-state index in [1.54, 1.807) is 49.4 Å². The molecule has 2 aromatic heterocycles. The molecule has 9 heteroatoms. The lowest BCUT2D eigenvalue weighted by molar-refractivity contribution is -0.118. The van der Waals surface area contributed by atoms with Crippen molar-refractivity contribution in [2.24, 2.45) is 0 Å². The highest BCUT2D eigenvalue weighted by atomic mass is 35.5. The number of fused-ring (bicyclic) bond motifs is 1. The number of anilines is 1. The van der Waals surface area contributed by atoms with Crippen LogP contribution >= 0.6 is 22.9 Å². The number of rotatable bonds is 7. The van der Waals surface area contributed by atoms with Crippen molar-refractivity contribution >= 4 is 50.8 Å². The van der Waals surface area contributed by atoms with E-state index >= 15 is 0 Å². The molecule has 0 spiro atoms. The molecule has 2 aromatic carbocycles. The maximum absolute atomic E-state index is 13.0. The maximum atomic E-state index is 13.0. The fourth-order valence-corrected chi connectivity index (χ4v) is 4.84. The Morgan fingerprint density at radius 2 is 1.89 bits per heavy atom. The van der Waals surface area contributed by atoms with Crippen molar-refractivity contribution in [2.45, 2.75) is 20.8 Å². The minimum atomic E-state index is -0.480. The number of hydrogen-bond donors (Lipinski definition) is 1. The first kappa shape index (κ1) is 24.5. The summed E-state index contributed by atoms with van der Waals surface area (Å²) in [6.07, 6.45) is 1.36. The molecule has 4 rings (SSSR count). The molecule has 0 aliphatic heterocycles. The molecule has 180 valence electrons. The minimum Gasteiger partial charge on any atom is -0.484 e. The van der Waals surface area contributed by atoms with E-state index in [0.717, 1.165) is 10.4 Å². The van der Waals surface area contributed by atoms with Crippen LogP contribution in [0.25, 0.3) is 22.1 Å². The molecule has 0 bridgehead atoms. The fourth-order valence-electron chi connectivity index (χ4n) is 3.54. The Labute approximate surface area is 210 Å². The average Bonchev–Trinajstić information content (AvgIpc) is 3.11. The van der Waals surface area contributed by atoms with Gasteiger partial charge in [0.05, 0.1) is 23.1 Å². The van der Waals surface area contributed by atoms with Gasteiger partial charge in [0, 0.05) is 21.5 Å². The van der Waals surface area contributed by atoms with E-state index in [1.165, 1.54) is 17.6 Å². The third-order valence-corrected chi connectivity index (χ3v) is 6.85. The van der Waals surface area contributed by atoms with Gasteiger partial charge in [-0.05, 0) is 44.5 Å². The SMILES string of the molecule is CCOC(=O)c1c(NC(=O)COc2ccc3c(=O)c(-c4ccccc4Cl)coc3c2)sc(C)c1C. The molecular formula is C26H22ClNO6S. The summed E-state index contributed by atoms with van der Waals surface area (Å²) in [4.78, 5) is 38.7. The van der Waals surface area contributed by atoms with Gasteiger partial charge < -0.3 is 19.2 Å². The fraction of sp³-hybridized carbons (Fsp3) is 0.192. The standard InChI is InChI=1S/C26H22ClNO6S/c1-4-32-26(31)23-14(2)15(3)35-25(23)28-22(29)13-33-16-9-10-18-21(11-16)34-12-19(24(18)30)17-7-5-6-8-20(17)27/h5-12H,4,13H2,1-3H3,(H,28,29).